The third-order valence-electron chi connectivity index (χ3n) is 0.922. The third kappa shape index (κ3) is 1.51. The van der Waals surface area contributed by atoms with Gasteiger partial charge in [0.05, 0.1) is 12.7 Å². The molecule has 0 spiro atoms. The van der Waals surface area contributed by atoms with Gasteiger partial charge < -0.3 is 9.62 Å². The van der Waals surface area contributed by atoms with Crippen LogP contribution in [0, 0.1) is 6.92 Å². The summed E-state index contributed by atoms with van der Waals surface area (Å²) in [6, 6.07) is 0. The van der Waals surface area contributed by atoms with Gasteiger partial charge in [-0.25, -0.2) is 4.98 Å². The Balaban J connectivity index is 2.61. The molecular formula is C5H8N2O2. The molecule has 0 saturated heterocycles. The van der Waals surface area contributed by atoms with Crippen molar-refractivity contribution in [2.45, 2.75) is 13.5 Å². The number of nitrogens with zero attached hydrogens (tertiary/aromatic N) is 1. The zero-order valence-electron chi connectivity index (χ0n) is 5.09. The Hall–Kier alpha value is -0.870. The lowest BCUT2D eigenvalue weighted by atomic mass is 10.5. The highest BCUT2D eigenvalue weighted by Crippen LogP contribution is 1.99. The van der Waals surface area contributed by atoms with Gasteiger partial charge in [-0.15, -0.1) is 0 Å². The van der Waals surface area contributed by atoms with Crippen molar-refractivity contribution in [2.75, 3.05) is 0 Å². The molecule has 4 heteroatoms. The summed E-state index contributed by atoms with van der Waals surface area (Å²) < 4.78 is 4.99. The van der Waals surface area contributed by atoms with Gasteiger partial charge in [-0.3, -0.25) is 0 Å². The van der Waals surface area contributed by atoms with Crippen molar-refractivity contribution in [2.24, 2.45) is 0 Å². The first-order chi connectivity index (χ1) is 4.33. The van der Waals surface area contributed by atoms with Gasteiger partial charge in [-0.1, -0.05) is 0 Å². The molecule has 0 unspecified atom stereocenters. The maximum Gasteiger partial charge on any atom is 0.191 e. The van der Waals surface area contributed by atoms with E-state index in [2.05, 4.69) is 4.98 Å². The van der Waals surface area contributed by atoms with Gasteiger partial charge in [0.15, 0.2) is 5.89 Å². The Kier molecular flexibility index (Phi) is 1.81. The zero-order chi connectivity index (χ0) is 6.69. The van der Waals surface area contributed by atoms with Crippen molar-refractivity contribution >= 4 is 0 Å². The summed E-state index contributed by atoms with van der Waals surface area (Å²) in [6.45, 7) is 2.06. The van der Waals surface area contributed by atoms with Crippen LogP contribution in [0.25, 0.3) is 0 Å². The van der Waals surface area contributed by atoms with E-state index in [9.17, 15) is 0 Å². The van der Waals surface area contributed by atoms with Crippen molar-refractivity contribution in [3.8, 4) is 0 Å². The minimum absolute atomic E-state index is 0.306. The molecule has 0 radical (unpaired) electrons. The van der Waals surface area contributed by atoms with Gasteiger partial charge in [0.1, 0.15) is 5.76 Å². The molecule has 1 rings (SSSR count). The minimum atomic E-state index is 0.306. The van der Waals surface area contributed by atoms with Crippen LogP contribution in [0.4, 0.5) is 0 Å². The number of aryl methyl sites for hydroxylation is 1. The lowest BCUT2D eigenvalue weighted by Crippen LogP contribution is -2.04. The second-order valence-corrected chi connectivity index (χ2v) is 1.68. The maximum atomic E-state index is 8.19. The van der Waals surface area contributed by atoms with E-state index in [1.54, 1.807) is 13.1 Å². The molecule has 0 aliphatic carbocycles. The second kappa shape index (κ2) is 2.61. The standard InChI is InChI=1S/C5H8N2O2/c1-4-6-2-5(9-4)3-7-8/h2,7-8H,3H2,1H3. The highest BCUT2D eigenvalue weighted by atomic mass is 16.5. The molecule has 0 aliphatic heterocycles. The first kappa shape index (κ1) is 6.25. The van der Waals surface area contributed by atoms with Gasteiger partial charge in [0.2, 0.25) is 0 Å². The summed E-state index contributed by atoms with van der Waals surface area (Å²) in [5, 5.41) is 8.19. The van der Waals surface area contributed by atoms with Crippen LogP contribution in [0.2, 0.25) is 0 Å². The van der Waals surface area contributed by atoms with E-state index < -0.39 is 0 Å². The molecule has 50 valence electrons. The molecule has 0 atom stereocenters. The van der Waals surface area contributed by atoms with Gasteiger partial charge in [-0.05, 0) is 0 Å². The fraction of sp³-hybridized carbons (Fsp3) is 0.400. The monoisotopic (exact) mass is 128 g/mol. The highest BCUT2D eigenvalue weighted by Gasteiger charge is 1.95. The molecule has 1 heterocycles. The molecule has 0 amide bonds. The molecule has 0 bridgehead atoms. The fourth-order valence-corrected chi connectivity index (χ4v) is 0.565. The summed E-state index contributed by atoms with van der Waals surface area (Å²) in [7, 11) is 0. The van der Waals surface area contributed by atoms with Crippen molar-refractivity contribution in [3.63, 3.8) is 0 Å². The molecule has 9 heavy (non-hydrogen) atoms. The number of hydrogen-bond acceptors (Lipinski definition) is 4. The summed E-state index contributed by atoms with van der Waals surface area (Å²) in [4.78, 5) is 3.82. The average molecular weight is 128 g/mol. The fourth-order valence-electron chi connectivity index (χ4n) is 0.565. The largest absolute Gasteiger partial charge is 0.445 e. The van der Waals surface area contributed by atoms with Crippen LogP contribution in [-0.4, -0.2) is 10.2 Å². The van der Waals surface area contributed by atoms with Crippen molar-refractivity contribution in [1.29, 1.82) is 0 Å². The Morgan fingerprint density at radius 2 is 2.67 bits per heavy atom. The lowest BCUT2D eigenvalue weighted by Gasteiger charge is -1.88. The molecule has 0 aromatic carbocycles. The number of nitrogens with one attached hydrogen (secondary N) is 1. The van der Waals surface area contributed by atoms with Crippen molar-refractivity contribution < 1.29 is 9.62 Å². The van der Waals surface area contributed by atoms with E-state index in [0.717, 1.165) is 0 Å². The molecule has 0 aliphatic rings. The van der Waals surface area contributed by atoms with Crippen molar-refractivity contribution in [3.05, 3.63) is 17.8 Å². The summed E-state index contributed by atoms with van der Waals surface area (Å²) in [5.41, 5.74) is 1.96. The van der Waals surface area contributed by atoms with Gasteiger partial charge >= 0.3 is 0 Å². The normalized spacial score (nSPS) is 10.0. The number of hydroxylamine groups is 1. The van der Waals surface area contributed by atoms with Gasteiger partial charge in [-0.2, -0.15) is 5.48 Å². The number of rotatable bonds is 2. The van der Waals surface area contributed by atoms with Crippen molar-refractivity contribution in [1.82, 2.24) is 10.5 Å². The predicted octanol–water partition coefficient (Wildman–Crippen LogP) is 0.462. The topological polar surface area (TPSA) is 58.3 Å². The number of hydrogen-bond donors (Lipinski definition) is 2. The van der Waals surface area contributed by atoms with Crippen LogP contribution >= 0.6 is 0 Å². The second-order valence-electron chi connectivity index (χ2n) is 1.68. The van der Waals surface area contributed by atoms with Gasteiger partial charge in [0, 0.05) is 6.92 Å². The maximum absolute atomic E-state index is 8.19. The highest BCUT2D eigenvalue weighted by molar-refractivity contribution is 4.91. The van der Waals surface area contributed by atoms with E-state index in [-0.39, 0.29) is 0 Å². The predicted molar refractivity (Wildman–Crippen MR) is 29.9 cm³/mol. The van der Waals surface area contributed by atoms with Gasteiger partial charge in [0.25, 0.3) is 0 Å². The molecule has 1 aromatic rings. The summed E-state index contributed by atoms with van der Waals surface area (Å²) >= 11 is 0. The Morgan fingerprint density at radius 1 is 1.89 bits per heavy atom. The van der Waals surface area contributed by atoms with Crippen LogP contribution < -0.4 is 5.48 Å². The Bertz CT molecular complexity index is 185. The summed E-state index contributed by atoms with van der Waals surface area (Å²) in [5.74, 6) is 1.25. The van der Waals surface area contributed by atoms with Crippen LogP contribution in [0.1, 0.15) is 11.7 Å². The van der Waals surface area contributed by atoms with E-state index >= 15 is 0 Å². The third-order valence-corrected chi connectivity index (χ3v) is 0.922. The molecule has 4 nitrogen and oxygen atoms in total. The van der Waals surface area contributed by atoms with E-state index in [4.69, 9.17) is 9.62 Å². The first-order valence-electron chi connectivity index (χ1n) is 2.61. The molecule has 2 N–H and O–H groups in total. The number of oxazole rings is 1. The number of aromatic nitrogens is 1. The van der Waals surface area contributed by atoms with E-state index in [1.165, 1.54) is 0 Å². The molecular weight excluding hydrogens is 120 g/mol. The quantitative estimate of drug-likeness (QED) is 0.568. The lowest BCUT2D eigenvalue weighted by molar-refractivity contribution is 0.153. The molecule has 0 fully saturated rings. The molecule has 0 saturated carbocycles. The van der Waals surface area contributed by atoms with E-state index in [0.29, 0.717) is 18.2 Å². The van der Waals surface area contributed by atoms with Crippen LogP contribution in [-0.2, 0) is 6.54 Å². The zero-order valence-corrected chi connectivity index (χ0v) is 5.09. The Morgan fingerprint density at radius 3 is 3.11 bits per heavy atom. The first-order valence-corrected chi connectivity index (χ1v) is 2.61. The van der Waals surface area contributed by atoms with Crippen LogP contribution in [0.3, 0.4) is 0 Å². The smallest absolute Gasteiger partial charge is 0.191 e. The molecule has 1 aromatic heterocycles. The Labute approximate surface area is 52.5 Å². The van der Waals surface area contributed by atoms with Crippen LogP contribution in [0.15, 0.2) is 10.6 Å². The van der Waals surface area contributed by atoms with E-state index in [1.807, 2.05) is 5.48 Å². The SMILES string of the molecule is Cc1ncc(CNO)o1. The minimum Gasteiger partial charge on any atom is -0.445 e. The average Bonchev–Trinajstić information content (AvgIpc) is 2.17. The van der Waals surface area contributed by atoms with Crippen LogP contribution in [0.5, 0.6) is 0 Å². The summed E-state index contributed by atoms with van der Waals surface area (Å²) in [6.07, 6.45) is 1.57.